The molecule has 49 heavy (non-hydrogen) atoms. The predicted molar refractivity (Wildman–Crippen MR) is 207 cm³/mol. The minimum atomic E-state index is -1.15. The first-order chi connectivity index (χ1) is 24.0. The summed E-state index contributed by atoms with van der Waals surface area (Å²) in [7, 11) is 0. The maximum absolute atomic E-state index is 12.6. The van der Waals surface area contributed by atoms with Gasteiger partial charge in [-0.1, -0.05) is 143 Å². The van der Waals surface area contributed by atoms with Gasteiger partial charge < -0.3 is 20.8 Å². The maximum atomic E-state index is 12.6. The van der Waals surface area contributed by atoms with Gasteiger partial charge in [-0.05, 0) is 81.8 Å². The zero-order valence-electron chi connectivity index (χ0n) is 30.6. The second kappa shape index (κ2) is 30.6. The van der Waals surface area contributed by atoms with Crippen molar-refractivity contribution in [2.75, 3.05) is 19.8 Å². The van der Waals surface area contributed by atoms with Crippen LogP contribution in [0.4, 0.5) is 0 Å². The van der Waals surface area contributed by atoms with Crippen LogP contribution in [0, 0.1) is 0 Å². The zero-order chi connectivity index (χ0) is 35.7. The van der Waals surface area contributed by atoms with Crippen molar-refractivity contribution in [1.82, 2.24) is 10.6 Å². The molecule has 272 valence electrons. The molecule has 0 fully saturated rings. The van der Waals surface area contributed by atoms with Crippen molar-refractivity contribution in [2.45, 2.75) is 129 Å². The van der Waals surface area contributed by atoms with Gasteiger partial charge in [0.05, 0.1) is 25.3 Å². The molecule has 0 saturated heterocycles. The first-order valence-electron chi connectivity index (χ1n) is 18.8. The van der Waals surface area contributed by atoms with Gasteiger partial charge in [-0.15, -0.1) is 0 Å². The molecule has 0 radical (unpaired) electrons. The van der Waals surface area contributed by atoms with Crippen LogP contribution in [0.1, 0.15) is 121 Å². The quantitative estimate of drug-likeness (QED) is 0.0504. The van der Waals surface area contributed by atoms with Crippen LogP contribution in [-0.2, 0) is 22.4 Å². The molecule has 2 amide bonds. The fourth-order valence-electron chi connectivity index (χ4n) is 5.18. The molecule has 6 nitrogen and oxygen atoms in total. The Hall–Kier alpha value is -3.48. The average Bonchev–Trinajstić information content (AvgIpc) is 3.12. The van der Waals surface area contributed by atoms with Crippen molar-refractivity contribution in [3.63, 3.8) is 0 Å². The summed E-state index contributed by atoms with van der Waals surface area (Å²) >= 11 is 0. The van der Waals surface area contributed by atoms with Gasteiger partial charge in [0.25, 0.3) is 0 Å². The van der Waals surface area contributed by atoms with Crippen LogP contribution in [0.2, 0.25) is 0 Å². The topological polar surface area (TPSA) is 98.7 Å². The van der Waals surface area contributed by atoms with Gasteiger partial charge in [0.1, 0.15) is 0 Å². The van der Waals surface area contributed by atoms with Crippen molar-refractivity contribution < 1.29 is 19.8 Å². The summed E-state index contributed by atoms with van der Waals surface area (Å²) in [6.07, 6.45) is 42.1. The van der Waals surface area contributed by atoms with Crippen LogP contribution in [0.15, 0.2) is 97.2 Å². The second-order valence-corrected chi connectivity index (χ2v) is 12.7. The Morgan fingerprint density at radius 2 is 1.08 bits per heavy atom. The minimum Gasteiger partial charge on any atom is -0.394 e. The van der Waals surface area contributed by atoms with E-state index in [-0.39, 0.29) is 32.1 Å². The Bertz CT molecular complexity index is 1160. The smallest absolute Gasteiger partial charge is 0.239 e. The highest BCUT2D eigenvalue weighted by Gasteiger charge is 2.30. The molecule has 0 aromatic heterocycles. The monoisotopic (exact) mass is 675 g/mol. The summed E-state index contributed by atoms with van der Waals surface area (Å²) in [4.78, 5) is 24.8. The van der Waals surface area contributed by atoms with E-state index < -0.39 is 11.4 Å². The highest BCUT2D eigenvalue weighted by Crippen LogP contribution is 2.17. The van der Waals surface area contributed by atoms with E-state index in [4.69, 9.17) is 0 Å². The summed E-state index contributed by atoms with van der Waals surface area (Å²) in [6.45, 7) is 3.41. The molecule has 4 N–H and O–H groups in total. The van der Waals surface area contributed by atoms with E-state index in [0.29, 0.717) is 19.3 Å². The van der Waals surface area contributed by atoms with E-state index >= 15 is 0 Å². The number of amides is 2. The van der Waals surface area contributed by atoms with E-state index in [2.05, 4.69) is 110 Å². The third-order valence-electron chi connectivity index (χ3n) is 8.32. The van der Waals surface area contributed by atoms with E-state index in [0.717, 1.165) is 50.5 Å². The minimum absolute atomic E-state index is 0.197. The molecule has 1 aromatic rings. The summed E-state index contributed by atoms with van der Waals surface area (Å²) in [5.74, 6) is -0.644. The van der Waals surface area contributed by atoms with Gasteiger partial charge in [-0.25, -0.2) is 0 Å². The summed E-state index contributed by atoms with van der Waals surface area (Å²) in [5.41, 5.74) is 1.26. The number of unbranched alkanes of at least 4 members (excludes halogenated alkanes) is 5. The normalized spacial score (nSPS) is 12.6. The van der Waals surface area contributed by atoms with Crippen molar-refractivity contribution in [1.29, 1.82) is 0 Å². The lowest BCUT2D eigenvalue weighted by atomic mass is 9.92. The zero-order valence-corrected chi connectivity index (χ0v) is 30.6. The number of rotatable bonds is 29. The van der Waals surface area contributed by atoms with Crippen LogP contribution in [-0.4, -0.2) is 47.3 Å². The Morgan fingerprint density at radius 1 is 0.612 bits per heavy atom. The highest BCUT2D eigenvalue weighted by molar-refractivity contribution is 5.85. The van der Waals surface area contributed by atoms with Crippen molar-refractivity contribution in [3.8, 4) is 0 Å². The molecule has 0 spiro atoms. The number of hydrogen-bond acceptors (Lipinski definition) is 4. The van der Waals surface area contributed by atoms with Gasteiger partial charge in [0.15, 0.2) is 0 Å². The predicted octanol–water partition coefficient (Wildman–Crippen LogP) is 8.96. The van der Waals surface area contributed by atoms with Gasteiger partial charge in [0.2, 0.25) is 11.8 Å². The number of hydrogen-bond donors (Lipinski definition) is 4. The second-order valence-electron chi connectivity index (χ2n) is 12.7. The van der Waals surface area contributed by atoms with Gasteiger partial charge >= 0.3 is 0 Å². The Morgan fingerprint density at radius 3 is 1.59 bits per heavy atom. The number of aliphatic hydroxyl groups excluding tert-OH is 2. The molecule has 0 aliphatic rings. The van der Waals surface area contributed by atoms with E-state index in [1.54, 1.807) is 0 Å². The van der Waals surface area contributed by atoms with E-state index in [1.807, 2.05) is 12.2 Å². The van der Waals surface area contributed by atoms with Gasteiger partial charge in [-0.2, -0.15) is 0 Å². The third-order valence-corrected chi connectivity index (χ3v) is 8.32. The Balaban J connectivity index is 2.22. The number of carbonyl (C=O) groups excluding carboxylic acids is 2. The molecule has 0 saturated carbocycles. The molecular formula is C43H66N2O4. The van der Waals surface area contributed by atoms with Crippen molar-refractivity contribution >= 4 is 11.8 Å². The highest BCUT2D eigenvalue weighted by atomic mass is 16.3. The number of allylic oxidation sites excluding steroid dienone is 12. The lowest BCUT2D eigenvalue weighted by Crippen LogP contribution is -2.56. The SMILES string of the molecule is CCC=CCC=CCC=CCC=CCC=CCC=CCCC(=O)NCC(=O)NC(CO)(CO)CCc1ccc(CCCCCCCC)cc1. The Kier molecular flexibility index (Phi) is 27.2. The number of aryl methyl sites for hydroxylation is 2. The van der Waals surface area contributed by atoms with Gasteiger partial charge in [-0.3, -0.25) is 9.59 Å². The van der Waals surface area contributed by atoms with E-state index in [9.17, 15) is 19.8 Å². The van der Waals surface area contributed by atoms with E-state index in [1.165, 1.54) is 44.1 Å². The summed E-state index contributed by atoms with van der Waals surface area (Å²) in [5, 5.41) is 25.5. The third kappa shape index (κ3) is 24.3. The van der Waals surface area contributed by atoms with Crippen LogP contribution in [0.3, 0.4) is 0 Å². The summed E-state index contributed by atoms with van der Waals surface area (Å²) in [6, 6.07) is 8.47. The fraction of sp³-hybridized carbons (Fsp3) is 0.535. The summed E-state index contributed by atoms with van der Waals surface area (Å²) < 4.78 is 0. The number of benzene rings is 1. The average molecular weight is 675 g/mol. The first kappa shape index (κ1) is 43.5. The first-order valence-corrected chi connectivity index (χ1v) is 18.8. The number of carbonyl (C=O) groups is 2. The van der Waals surface area contributed by atoms with Crippen LogP contribution in [0.25, 0.3) is 0 Å². The van der Waals surface area contributed by atoms with Crippen LogP contribution in [0.5, 0.6) is 0 Å². The molecule has 0 atom stereocenters. The molecular weight excluding hydrogens is 608 g/mol. The van der Waals surface area contributed by atoms with Crippen LogP contribution < -0.4 is 10.6 Å². The largest absolute Gasteiger partial charge is 0.394 e. The number of aliphatic hydroxyl groups is 2. The molecule has 1 rings (SSSR count). The van der Waals surface area contributed by atoms with Crippen molar-refractivity contribution in [2.24, 2.45) is 0 Å². The lowest BCUT2D eigenvalue weighted by Gasteiger charge is -2.31. The molecule has 1 aromatic carbocycles. The molecule has 0 heterocycles. The molecule has 0 aliphatic carbocycles. The van der Waals surface area contributed by atoms with Gasteiger partial charge in [0, 0.05) is 6.42 Å². The lowest BCUT2D eigenvalue weighted by molar-refractivity contribution is -0.128. The fourth-order valence-corrected chi connectivity index (χ4v) is 5.18. The molecule has 0 aliphatic heterocycles. The van der Waals surface area contributed by atoms with Crippen LogP contribution >= 0.6 is 0 Å². The molecule has 0 unspecified atom stereocenters. The standard InChI is InChI=1S/C43H66N2O4/c1-3-5-7-9-11-12-13-14-15-16-17-18-19-20-21-22-23-25-27-29-41(48)44-36-42(49)45-43(37-46,38-47)35-34-40-32-30-39(31-33-40)28-26-24-10-8-6-4-2/h5,7,11-12,14-15,17-18,20-21,23,25,30-33,46-47H,3-4,6,8-10,13,16,19,22,24,26-29,34-38H2,1-2H3,(H,44,48)(H,45,49). The Labute approximate surface area is 298 Å². The van der Waals surface area contributed by atoms with Crippen molar-refractivity contribution in [3.05, 3.63) is 108 Å². The maximum Gasteiger partial charge on any atom is 0.239 e. The molecule has 0 bridgehead atoms. The molecule has 6 heteroatoms. The number of nitrogens with one attached hydrogen (secondary N) is 2.